The molecule has 2 saturated heterocycles. The van der Waals surface area contributed by atoms with E-state index in [0.717, 1.165) is 76.6 Å². The van der Waals surface area contributed by atoms with Crippen LogP contribution in [0.1, 0.15) is 27.2 Å². The molecule has 0 N–H and O–H groups in total. The van der Waals surface area contributed by atoms with Gasteiger partial charge in [-0.3, -0.25) is 9.38 Å². The molecule has 0 amide bonds. The van der Waals surface area contributed by atoms with Crippen molar-refractivity contribution >= 4 is 0 Å². The van der Waals surface area contributed by atoms with Gasteiger partial charge in [0, 0.05) is 26.6 Å². The maximum absolute atomic E-state index is 6.03. The summed E-state index contributed by atoms with van der Waals surface area (Å²) < 4.78 is 29.6. The molecule has 2 atom stereocenters. The third-order valence-corrected chi connectivity index (χ3v) is 5.98. The Kier molecular flexibility index (Phi) is 11.1. The summed E-state index contributed by atoms with van der Waals surface area (Å²) in [5.74, 6) is 0. The van der Waals surface area contributed by atoms with Crippen LogP contribution in [0.15, 0.2) is 0 Å². The molecule has 0 saturated carbocycles. The molecule has 2 heterocycles. The third kappa shape index (κ3) is 7.93. The van der Waals surface area contributed by atoms with E-state index in [1.165, 1.54) is 0 Å². The van der Waals surface area contributed by atoms with Crippen molar-refractivity contribution in [2.45, 2.75) is 39.5 Å². The summed E-state index contributed by atoms with van der Waals surface area (Å²) in [6.07, 6.45) is 1.46. The average Bonchev–Trinajstić information content (AvgIpc) is 2.73. The molecule has 0 aromatic rings. The van der Waals surface area contributed by atoms with Gasteiger partial charge in [-0.15, -0.1) is 0 Å². The lowest BCUT2D eigenvalue weighted by atomic mass is 10.2. The topological polar surface area (TPSA) is 49.4 Å². The molecule has 160 valence electrons. The van der Waals surface area contributed by atoms with Gasteiger partial charge in [-0.25, -0.2) is 0 Å². The minimum atomic E-state index is 0.192. The summed E-state index contributed by atoms with van der Waals surface area (Å²) in [6.45, 7) is 18.7. The lowest BCUT2D eigenvalue weighted by Gasteiger charge is -2.44. The van der Waals surface area contributed by atoms with E-state index in [4.69, 9.17) is 23.7 Å². The predicted molar refractivity (Wildman–Crippen MR) is 105 cm³/mol. The summed E-state index contributed by atoms with van der Waals surface area (Å²) in [5.41, 5.74) is 0. The Morgan fingerprint density at radius 1 is 1.00 bits per heavy atom. The SMILES string of the molecule is CCN1CCOC(CCOCCOCCOC(C)[N+]2(CC)CCOCC2)C1. The Hall–Kier alpha value is -0.280. The molecule has 0 spiro atoms. The summed E-state index contributed by atoms with van der Waals surface area (Å²) in [5, 5.41) is 0. The van der Waals surface area contributed by atoms with Gasteiger partial charge in [0.05, 0.1) is 58.9 Å². The van der Waals surface area contributed by atoms with E-state index >= 15 is 0 Å². The first-order valence-electron chi connectivity index (χ1n) is 10.7. The molecule has 2 aliphatic rings. The summed E-state index contributed by atoms with van der Waals surface area (Å²) >= 11 is 0. The number of nitrogens with zero attached hydrogens (tertiary/aromatic N) is 2. The molecule has 2 unspecified atom stereocenters. The van der Waals surface area contributed by atoms with Crippen molar-refractivity contribution in [3.63, 3.8) is 0 Å². The van der Waals surface area contributed by atoms with Gasteiger partial charge in [-0.05, 0) is 19.9 Å². The first-order valence-corrected chi connectivity index (χ1v) is 10.7. The van der Waals surface area contributed by atoms with Gasteiger partial charge in [0.25, 0.3) is 0 Å². The molecule has 0 aromatic carbocycles. The average molecular weight is 390 g/mol. The molecule has 0 aliphatic carbocycles. The number of rotatable bonds is 13. The molecule has 2 aliphatic heterocycles. The molecule has 7 heteroatoms. The zero-order valence-corrected chi connectivity index (χ0v) is 17.7. The molecule has 2 fully saturated rings. The van der Waals surface area contributed by atoms with E-state index in [1.54, 1.807) is 0 Å². The second-order valence-electron chi connectivity index (χ2n) is 7.46. The van der Waals surface area contributed by atoms with Gasteiger partial charge >= 0.3 is 0 Å². The van der Waals surface area contributed by atoms with Crippen LogP contribution in [-0.4, -0.2) is 114 Å². The van der Waals surface area contributed by atoms with Crippen molar-refractivity contribution in [1.82, 2.24) is 4.90 Å². The first kappa shape index (κ1) is 23.0. The molecule has 27 heavy (non-hydrogen) atoms. The highest BCUT2D eigenvalue weighted by Gasteiger charge is 2.35. The van der Waals surface area contributed by atoms with Crippen LogP contribution in [0.25, 0.3) is 0 Å². The molecule has 7 nitrogen and oxygen atoms in total. The fraction of sp³-hybridized carbons (Fsp3) is 1.00. The van der Waals surface area contributed by atoms with Gasteiger partial charge in [0.15, 0.2) is 6.23 Å². The van der Waals surface area contributed by atoms with Gasteiger partial charge in [-0.1, -0.05) is 6.92 Å². The molecule has 0 bridgehead atoms. The molecular formula is C20H41N2O5+. The van der Waals surface area contributed by atoms with Crippen LogP contribution in [0.5, 0.6) is 0 Å². The number of hydrogen-bond acceptors (Lipinski definition) is 6. The highest BCUT2D eigenvalue weighted by Crippen LogP contribution is 2.17. The third-order valence-electron chi connectivity index (χ3n) is 5.98. The lowest BCUT2D eigenvalue weighted by Crippen LogP contribution is -2.60. The lowest BCUT2D eigenvalue weighted by molar-refractivity contribution is -0.974. The largest absolute Gasteiger partial charge is 0.379 e. The van der Waals surface area contributed by atoms with Crippen molar-refractivity contribution in [2.75, 3.05) is 92.1 Å². The van der Waals surface area contributed by atoms with E-state index < -0.39 is 0 Å². The molecule has 0 radical (unpaired) electrons. The Morgan fingerprint density at radius 2 is 1.70 bits per heavy atom. The van der Waals surface area contributed by atoms with E-state index in [1.807, 2.05) is 0 Å². The Morgan fingerprint density at radius 3 is 2.41 bits per heavy atom. The summed E-state index contributed by atoms with van der Waals surface area (Å²) in [7, 11) is 0. The number of hydrogen-bond donors (Lipinski definition) is 0. The molecule has 0 aromatic heterocycles. The van der Waals surface area contributed by atoms with Crippen LogP contribution >= 0.6 is 0 Å². The van der Waals surface area contributed by atoms with Crippen molar-refractivity contribution in [2.24, 2.45) is 0 Å². The number of quaternary nitrogens is 1. The van der Waals surface area contributed by atoms with E-state index in [2.05, 4.69) is 25.7 Å². The quantitative estimate of drug-likeness (QED) is 0.350. The number of likely N-dealkylation sites (N-methyl/N-ethyl adjacent to an activating group) is 2. The fourth-order valence-corrected chi connectivity index (χ4v) is 3.86. The van der Waals surface area contributed by atoms with Crippen LogP contribution in [0.3, 0.4) is 0 Å². The van der Waals surface area contributed by atoms with E-state index in [9.17, 15) is 0 Å². The predicted octanol–water partition coefficient (Wildman–Crippen LogP) is 1.36. The van der Waals surface area contributed by atoms with Crippen molar-refractivity contribution < 1.29 is 28.2 Å². The summed E-state index contributed by atoms with van der Waals surface area (Å²) in [4.78, 5) is 2.43. The minimum absolute atomic E-state index is 0.192. The number of morpholine rings is 2. The standard InChI is InChI=1S/C20H41N2O5/c1-4-21-7-11-27-20(18-21)6-10-23-14-15-25-16-17-26-19(3)22(5-2)8-12-24-13-9-22/h19-20H,4-18H2,1-3H3/q+1. The normalized spacial score (nSPS) is 24.8. The van der Waals surface area contributed by atoms with Gasteiger partial charge < -0.3 is 23.7 Å². The van der Waals surface area contributed by atoms with Gasteiger partial charge in [-0.2, -0.15) is 0 Å². The van der Waals surface area contributed by atoms with Crippen LogP contribution in [0.2, 0.25) is 0 Å². The Bertz CT molecular complexity index is 379. The van der Waals surface area contributed by atoms with Crippen LogP contribution in [0, 0.1) is 0 Å². The molecular weight excluding hydrogens is 348 g/mol. The highest BCUT2D eigenvalue weighted by molar-refractivity contribution is 4.70. The van der Waals surface area contributed by atoms with Crippen molar-refractivity contribution in [3.05, 3.63) is 0 Å². The van der Waals surface area contributed by atoms with Crippen LogP contribution in [-0.2, 0) is 23.7 Å². The van der Waals surface area contributed by atoms with Crippen molar-refractivity contribution in [3.8, 4) is 0 Å². The van der Waals surface area contributed by atoms with E-state index in [0.29, 0.717) is 32.5 Å². The van der Waals surface area contributed by atoms with Crippen LogP contribution < -0.4 is 0 Å². The second kappa shape index (κ2) is 13.0. The second-order valence-corrected chi connectivity index (χ2v) is 7.46. The monoisotopic (exact) mass is 389 g/mol. The van der Waals surface area contributed by atoms with Crippen LogP contribution in [0.4, 0.5) is 0 Å². The Labute approximate surface area is 165 Å². The first-order chi connectivity index (χ1) is 13.2. The highest BCUT2D eigenvalue weighted by atomic mass is 16.6. The zero-order valence-electron chi connectivity index (χ0n) is 17.7. The number of ether oxygens (including phenoxy) is 5. The zero-order chi connectivity index (χ0) is 19.4. The maximum atomic E-state index is 6.03. The van der Waals surface area contributed by atoms with Crippen molar-refractivity contribution in [1.29, 1.82) is 0 Å². The maximum Gasteiger partial charge on any atom is 0.190 e. The fourth-order valence-electron chi connectivity index (χ4n) is 3.86. The Balaban J connectivity index is 1.43. The minimum Gasteiger partial charge on any atom is -0.379 e. The van der Waals surface area contributed by atoms with Gasteiger partial charge in [0.2, 0.25) is 0 Å². The van der Waals surface area contributed by atoms with Gasteiger partial charge in [0.1, 0.15) is 13.1 Å². The smallest absolute Gasteiger partial charge is 0.190 e. The summed E-state index contributed by atoms with van der Waals surface area (Å²) in [6, 6.07) is 0. The van der Waals surface area contributed by atoms with E-state index in [-0.39, 0.29) is 6.23 Å². The molecule has 2 rings (SSSR count).